The average Bonchev–Trinajstić information content (AvgIpc) is 3.28. The molecule has 0 N–H and O–H groups in total. The van der Waals surface area contributed by atoms with Crippen molar-refractivity contribution in [3.8, 4) is 0 Å². The van der Waals surface area contributed by atoms with Crippen molar-refractivity contribution >= 4 is 17.9 Å². The monoisotopic (exact) mass is 889 g/mol. The molecule has 6 nitrogen and oxygen atoms in total. The van der Waals surface area contributed by atoms with Crippen molar-refractivity contribution in [2.75, 3.05) is 13.2 Å². The fourth-order valence-electron chi connectivity index (χ4n) is 8.50. The average molecular weight is 889 g/mol. The molecule has 0 aromatic heterocycles. The van der Waals surface area contributed by atoms with Gasteiger partial charge in [-0.1, -0.05) is 264 Å². The van der Waals surface area contributed by atoms with Gasteiger partial charge in [-0.2, -0.15) is 0 Å². The number of allylic oxidation sites excluding steroid dienone is 2. The first-order valence-corrected chi connectivity index (χ1v) is 28.2. The predicted molar refractivity (Wildman–Crippen MR) is 270 cm³/mol. The molecule has 6 heteroatoms. The Morgan fingerprint density at radius 2 is 0.524 bits per heavy atom. The molecule has 0 amide bonds. The third-order valence-electron chi connectivity index (χ3n) is 12.8. The summed E-state index contributed by atoms with van der Waals surface area (Å²) >= 11 is 0. The molecule has 0 aromatic rings. The lowest BCUT2D eigenvalue weighted by Crippen LogP contribution is -2.30. The molecular formula is C57H108O6. The van der Waals surface area contributed by atoms with Gasteiger partial charge in [0, 0.05) is 19.3 Å². The molecule has 0 fully saturated rings. The Morgan fingerprint density at radius 1 is 0.302 bits per heavy atom. The van der Waals surface area contributed by atoms with Crippen molar-refractivity contribution in [2.24, 2.45) is 0 Å². The van der Waals surface area contributed by atoms with Crippen LogP contribution in [0.2, 0.25) is 0 Å². The lowest BCUT2D eigenvalue weighted by atomic mass is 10.0. The molecule has 0 aliphatic rings. The summed E-state index contributed by atoms with van der Waals surface area (Å²) in [6.07, 6.45) is 59.1. The van der Waals surface area contributed by atoms with Gasteiger partial charge in [-0.15, -0.1) is 0 Å². The summed E-state index contributed by atoms with van der Waals surface area (Å²) < 4.78 is 16.9. The van der Waals surface area contributed by atoms with Crippen molar-refractivity contribution in [2.45, 2.75) is 322 Å². The van der Waals surface area contributed by atoms with Gasteiger partial charge in [-0.05, 0) is 44.9 Å². The van der Waals surface area contributed by atoms with Gasteiger partial charge >= 0.3 is 17.9 Å². The highest BCUT2D eigenvalue weighted by Crippen LogP contribution is 2.17. The maximum Gasteiger partial charge on any atom is 0.306 e. The summed E-state index contributed by atoms with van der Waals surface area (Å²) in [5.41, 5.74) is 0. The first kappa shape index (κ1) is 61.1. The Bertz CT molecular complexity index is 978. The molecule has 0 radical (unpaired) electrons. The molecule has 0 spiro atoms. The van der Waals surface area contributed by atoms with Crippen molar-refractivity contribution < 1.29 is 28.6 Å². The van der Waals surface area contributed by atoms with Gasteiger partial charge < -0.3 is 14.2 Å². The van der Waals surface area contributed by atoms with E-state index < -0.39 is 6.10 Å². The second kappa shape index (κ2) is 52.8. The van der Waals surface area contributed by atoms with Gasteiger partial charge in [0.25, 0.3) is 0 Å². The summed E-state index contributed by atoms with van der Waals surface area (Å²) in [6, 6.07) is 0. The highest BCUT2D eigenvalue weighted by atomic mass is 16.6. The molecule has 0 aliphatic heterocycles. The van der Waals surface area contributed by atoms with Gasteiger partial charge in [0.1, 0.15) is 13.2 Å². The summed E-state index contributed by atoms with van der Waals surface area (Å²) in [5.74, 6) is -0.848. The predicted octanol–water partition coefficient (Wildman–Crippen LogP) is 18.5. The lowest BCUT2D eigenvalue weighted by Gasteiger charge is -2.18. The Balaban J connectivity index is 4.30. The van der Waals surface area contributed by atoms with Crippen LogP contribution >= 0.6 is 0 Å². The molecule has 1 unspecified atom stereocenters. The molecule has 0 aromatic carbocycles. The van der Waals surface area contributed by atoms with Crippen molar-refractivity contribution in [1.82, 2.24) is 0 Å². The number of unbranched alkanes of at least 4 members (excludes halogenated alkanes) is 39. The van der Waals surface area contributed by atoms with Crippen LogP contribution in [0, 0.1) is 0 Å². The van der Waals surface area contributed by atoms with Gasteiger partial charge in [0.2, 0.25) is 0 Å². The van der Waals surface area contributed by atoms with Gasteiger partial charge in [0.05, 0.1) is 0 Å². The molecule has 372 valence electrons. The maximum absolute atomic E-state index is 12.8. The summed E-state index contributed by atoms with van der Waals surface area (Å²) in [6.45, 7) is 6.68. The standard InChI is InChI=1S/C57H108O6/c1-4-7-10-13-16-19-22-25-27-28-29-30-33-35-38-41-44-47-50-56(59)62-53-54(52-61-55(58)49-46-43-40-37-34-31-24-21-18-15-12-9-6-3)63-57(60)51-48-45-42-39-36-32-26-23-20-17-14-11-8-5-2/h27-28,54H,4-26,29-53H2,1-3H3/b28-27-. The third-order valence-corrected chi connectivity index (χ3v) is 12.8. The Kier molecular flexibility index (Phi) is 51.2. The normalized spacial score (nSPS) is 12.0. The minimum Gasteiger partial charge on any atom is -0.462 e. The van der Waals surface area contributed by atoms with E-state index in [1.165, 1.54) is 218 Å². The first-order chi connectivity index (χ1) is 31.0. The third kappa shape index (κ3) is 51.0. The molecule has 63 heavy (non-hydrogen) atoms. The number of carbonyl (C=O) groups is 3. The maximum atomic E-state index is 12.8. The number of hydrogen-bond donors (Lipinski definition) is 0. The van der Waals surface area contributed by atoms with Crippen LogP contribution in [0.5, 0.6) is 0 Å². The molecule has 0 saturated carbocycles. The van der Waals surface area contributed by atoms with Gasteiger partial charge in [-0.25, -0.2) is 0 Å². The van der Waals surface area contributed by atoms with E-state index in [4.69, 9.17) is 14.2 Å². The van der Waals surface area contributed by atoms with Crippen LogP contribution in [0.4, 0.5) is 0 Å². The molecule has 0 bridgehead atoms. The van der Waals surface area contributed by atoms with Crippen molar-refractivity contribution in [3.05, 3.63) is 12.2 Å². The van der Waals surface area contributed by atoms with E-state index >= 15 is 0 Å². The zero-order valence-electron chi connectivity index (χ0n) is 42.6. The zero-order valence-corrected chi connectivity index (χ0v) is 42.6. The van der Waals surface area contributed by atoms with Crippen LogP contribution in [0.3, 0.4) is 0 Å². The largest absolute Gasteiger partial charge is 0.462 e. The van der Waals surface area contributed by atoms with Crippen LogP contribution in [0.25, 0.3) is 0 Å². The van der Waals surface area contributed by atoms with E-state index in [0.29, 0.717) is 19.3 Å². The van der Waals surface area contributed by atoms with E-state index in [1.807, 2.05) is 0 Å². The molecule has 0 saturated heterocycles. The highest BCUT2D eigenvalue weighted by molar-refractivity contribution is 5.71. The minimum absolute atomic E-state index is 0.0655. The zero-order chi connectivity index (χ0) is 45.8. The van der Waals surface area contributed by atoms with E-state index in [-0.39, 0.29) is 31.1 Å². The molecular weight excluding hydrogens is 781 g/mol. The highest BCUT2D eigenvalue weighted by Gasteiger charge is 2.19. The van der Waals surface area contributed by atoms with Crippen LogP contribution in [-0.4, -0.2) is 37.2 Å². The Labute approximate surface area is 392 Å². The van der Waals surface area contributed by atoms with Crippen molar-refractivity contribution in [1.29, 1.82) is 0 Å². The number of ether oxygens (including phenoxy) is 3. The van der Waals surface area contributed by atoms with E-state index in [1.54, 1.807) is 0 Å². The van der Waals surface area contributed by atoms with Gasteiger partial charge in [0.15, 0.2) is 6.10 Å². The molecule has 0 rings (SSSR count). The van der Waals surface area contributed by atoms with Crippen LogP contribution < -0.4 is 0 Å². The second-order valence-electron chi connectivity index (χ2n) is 19.2. The van der Waals surface area contributed by atoms with Crippen molar-refractivity contribution in [3.63, 3.8) is 0 Å². The molecule has 1 atom stereocenters. The van der Waals surface area contributed by atoms with E-state index in [2.05, 4.69) is 32.9 Å². The molecule has 0 heterocycles. The Hall–Kier alpha value is -1.85. The molecule has 0 aliphatic carbocycles. The van der Waals surface area contributed by atoms with Crippen LogP contribution in [0.15, 0.2) is 12.2 Å². The second-order valence-corrected chi connectivity index (χ2v) is 19.2. The number of esters is 3. The minimum atomic E-state index is -0.765. The Morgan fingerprint density at radius 3 is 0.794 bits per heavy atom. The number of hydrogen-bond acceptors (Lipinski definition) is 6. The fourth-order valence-corrected chi connectivity index (χ4v) is 8.50. The summed E-state index contributed by atoms with van der Waals surface area (Å²) in [7, 11) is 0. The fraction of sp³-hybridized carbons (Fsp3) is 0.912. The lowest BCUT2D eigenvalue weighted by molar-refractivity contribution is -0.167. The first-order valence-electron chi connectivity index (χ1n) is 28.2. The number of carbonyl (C=O) groups excluding carboxylic acids is 3. The van der Waals surface area contributed by atoms with E-state index in [0.717, 1.165) is 57.8 Å². The van der Waals surface area contributed by atoms with Crippen LogP contribution in [0.1, 0.15) is 316 Å². The van der Waals surface area contributed by atoms with Crippen LogP contribution in [-0.2, 0) is 28.6 Å². The summed E-state index contributed by atoms with van der Waals surface area (Å²) in [5, 5.41) is 0. The summed E-state index contributed by atoms with van der Waals surface area (Å²) in [4.78, 5) is 38.1. The van der Waals surface area contributed by atoms with E-state index in [9.17, 15) is 14.4 Å². The topological polar surface area (TPSA) is 78.9 Å². The smallest absolute Gasteiger partial charge is 0.306 e. The SMILES string of the molecule is CCCCCCCCC/C=C\CCCCCCCCCC(=O)OCC(COC(=O)CCCCCCCCCCCCCCC)OC(=O)CCCCCCCCCCCCCCCC. The number of rotatable bonds is 52. The van der Waals surface area contributed by atoms with Gasteiger partial charge in [-0.3, -0.25) is 14.4 Å². The quantitative estimate of drug-likeness (QED) is 0.0262.